The van der Waals surface area contributed by atoms with Crippen LogP contribution in [0.3, 0.4) is 0 Å². The molecule has 0 aromatic carbocycles. The van der Waals surface area contributed by atoms with Gasteiger partial charge in [-0.05, 0) is 32.6 Å². The van der Waals surface area contributed by atoms with Crippen LogP contribution in [0.4, 0.5) is 4.79 Å². The van der Waals surface area contributed by atoms with E-state index in [1.54, 1.807) is 23.9 Å². The van der Waals surface area contributed by atoms with Gasteiger partial charge in [0.1, 0.15) is 5.54 Å². The molecule has 0 spiro atoms. The second kappa shape index (κ2) is 5.99. The minimum Gasteiger partial charge on any atom is -0.465 e. The van der Waals surface area contributed by atoms with E-state index in [4.69, 9.17) is 4.74 Å². The average molecular weight is 283 g/mol. The number of carbonyl (C=O) groups excluding carboxylic acids is 2. The summed E-state index contributed by atoms with van der Waals surface area (Å²) in [4.78, 5) is 27.6. The number of piperidine rings is 1. The van der Waals surface area contributed by atoms with Gasteiger partial charge in [0.15, 0.2) is 0 Å². The van der Waals surface area contributed by atoms with Crippen molar-refractivity contribution in [1.82, 2.24) is 15.1 Å². The number of urea groups is 1. The quantitative estimate of drug-likeness (QED) is 0.776. The molecule has 2 aliphatic rings. The van der Waals surface area contributed by atoms with Crippen molar-refractivity contribution in [3.8, 4) is 0 Å². The molecule has 6 nitrogen and oxygen atoms in total. The van der Waals surface area contributed by atoms with Crippen LogP contribution < -0.4 is 5.32 Å². The molecule has 0 aromatic heterocycles. The zero-order valence-electron chi connectivity index (χ0n) is 12.6. The van der Waals surface area contributed by atoms with Crippen molar-refractivity contribution in [3.05, 3.63) is 0 Å². The van der Waals surface area contributed by atoms with Gasteiger partial charge in [0, 0.05) is 33.2 Å². The van der Waals surface area contributed by atoms with Crippen molar-refractivity contribution >= 4 is 12.0 Å². The number of likely N-dealkylation sites (tertiary alicyclic amines) is 1. The summed E-state index contributed by atoms with van der Waals surface area (Å²) in [7, 11) is 3.50. The Morgan fingerprint density at radius 3 is 2.35 bits per heavy atom. The van der Waals surface area contributed by atoms with Crippen LogP contribution in [0.5, 0.6) is 0 Å². The van der Waals surface area contributed by atoms with Gasteiger partial charge in [-0.3, -0.25) is 10.1 Å². The van der Waals surface area contributed by atoms with Gasteiger partial charge in [0.2, 0.25) is 0 Å². The van der Waals surface area contributed by atoms with E-state index in [0.29, 0.717) is 38.6 Å². The first kappa shape index (κ1) is 15.1. The number of hydrogen-bond donors (Lipinski definition) is 1. The van der Waals surface area contributed by atoms with Crippen molar-refractivity contribution in [3.63, 3.8) is 0 Å². The fraction of sp³-hybridized carbons (Fsp3) is 0.857. The molecule has 1 aliphatic carbocycles. The lowest BCUT2D eigenvalue weighted by Gasteiger charge is -2.41. The molecule has 1 saturated carbocycles. The molecular weight excluding hydrogens is 258 g/mol. The molecule has 20 heavy (non-hydrogen) atoms. The lowest BCUT2D eigenvalue weighted by atomic mass is 9.87. The van der Waals surface area contributed by atoms with Crippen molar-refractivity contribution in [2.24, 2.45) is 0 Å². The number of esters is 1. The minimum absolute atomic E-state index is 0.00822. The average Bonchev–Trinajstić information content (AvgIpc) is 3.22. The number of hydrogen-bond acceptors (Lipinski definition) is 4. The molecule has 6 heteroatoms. The molecule has 0 unspecified atom stereocenters. The highest BCUT2D eigenvalue weighted by Crippen LogP contribution is 2.30. The molecule has 114 valence electrons. The zero-order chi connectivity index (χ0) is 14.8. The summed E-state index contributed by atoms with van der Waals surface area (Å²) >= 11 is 0. The Hall–Kier alpha value is -1.30. The van der Waals surface area contributed by atoms with Crippen LogP contribution in [0.15, 0.2) is 0 Å². The van der Waals surface area contributed by atoms with E-state index in [1.807, 2.05) is 6.92 Å². The predicted molar refractivity (Wildman–Crippen MR) is 75.4 cm³/mol. The molecule has 0 radical (unpaired) electrons. The van der Waals surface area contributed by atoms with E-state index < -0.39 is 5.54 Å². The lowest BCUT2D eigenvalue weighted by Crippen LogP contribution is -2.61. The Morgan fingerprint density at radius 2 is 1.90 bits per heavy atom. The van der Waals surface area contributed by atoms with E-state index in [9.17, 15) is 9.59 Å². The van der Waals surface area contributed by atoms with E-state index >= 15 is 0 Å². The number of amides is 2. The molecular formula is C14H25N3O3. The molecule has 1 N–H and O–H groups in total. The van der Waals surface area contributed by atoms with Crippen LogP contribution in [0.25, 0.3) is 0 Å². The number of ether oxygens (including phenoxy) is 1. The van der Waals surface area contributed by atoms with Crippen molar-refractivity contribution in [2.75, 3.05) is 33.8 Å². The van der Waals surface area contributed by atoms with Gasteiger partial charge in [0.05, 0.1) is 6.61 Å². The van der Waals surface area contributed by atoms with Gasteiger partial charge in [-0.25, -0.2) is 4.79 Å². The second-order valence-electron chi connectivity index (χ2n) is 5.89. The fourth-order valence-corrected chi connectivity index (χ4v) is 2.66. The Bertz CT molecular complexity index is 372. The molecule has 2 rings (SSSR count). The fourth-order valence-electron chi connectivity index (χ4n) is 2.66. The highest BCUT2D eigenvalue weighted by molar-refractivity contribution is 5.82. The molecule has 2 amide bonds. The van der Waals surface area contributed by atoms with Crippen molar-refractivity contribution < 1.29 is 14.3 Å². The van der Waals surface area contributed by atoms with Gasteiger partial charge in [-0.1, -0.05) is 0 Å². The molecule has 2 fully saturated rings. The van der Waals surface area contributed by atoms with Crippen LogP contribution in [0.1, 0.15) is 32.6 Å². The molecule has 1 aliphatic heterocycles. The number of carbonyl (C=O) groups is 2. The van der Waals surface area contributed by atoms with E-state index in [0.717, 1.165) is 12.8 Å². The Balaban J connectivity index is 2.00. The van der Waals surface area contributed by atoms with Crippen LogP contribution >= 0.6 is 0 Å². The lowest BCUT2D eigenvalue weighted by molar-refractivity contribution is -0.153. The highest BCUT2D eigenvalue weighted by atomic mass is 16.5. The van der Waals surface area contributed by atoms with Crippen LogP contribution in [-0.2, 0) is 9.53 Å². The number of rotatable bonds is 4. The Labute approximate surface area is 120 Å². The normalized spacial score (nSPS) is 21.4. The van der Waals surface area contributed by atoms with Crippen LogP contribution in [0.2, 0.25) is 0 Å². The van der Waals surface area contributed by atoms with E-state index in [-0.39, 0.29) is 12.0 Å². The maximum Gasteiger partial charge on any atom is 0.326 e. The molecule has 0 bridgehead atoms. The van der Waals surface area contributed by atoms with Gasteiger partial charge >= 0.3 is 12.0 Å². The van der Waals surface area contributed by atoms with E-state index in [1.165, 1.54) is 0 Å². The largest absolute Gasteiger partial charge is 0.465 e. The summed E-state index contributed by atoms with van der Waals surface area (Å²) in [6.07, 6.45) is 3.51. The summed E-state index contributed by atoms with van der Waals surface area (Å²) in [5, 5.41) is 3.45. The molecule has 1 saturated heterocycles. The topological polar surface area (TPSA) is 61.9 Å². The molecule has 0 aromatic rings. The minimum atomic E-state index is -0.597. The third kappa shape index (κ3) is 3.23. The van der Waals surface area contributed by atoms with Crippen LogP contribution in [-0.4, -0.2) is 67.2 Å². The summed E-state index contributed by atoms with van der Waals surface area (Å²) < 4.78 is 5.24. The van der Waals surface area contributed by atoms with Gasteiger partial charge in [-0.2, -0.15) is 0 Å². The maximum absolute atomic E-state index is 12.3. The summed E-state index contributed by atoms with van der Waals surface area (Å²) in [5.74, 6) is -0.163. The molecule has 1 heterocycles. The maximum atomic E-state index is 12.3. The second-order valence-corrected chi connectivity index (χ2v) is 5.89. The van der Waals surface area contributed by atoms with E-state index in [2.05, 4.69) is 5.32 Å². The monoisotopic (exact) mass is 283 g/mol. The third-order valence-electron chi connectivity index (χ3n) is 3.99. The van der Waals surface area contributed by atoms with Gasteiger partial charge in [0.25, 0.3) is 0 Å². The first-order chi connectivity index (χ1) is 9.48. The Kier molecular flexibility index (Phi) is 4.52. The summed E-state index contributed by atoms with van der Waals surface area (Å²) in [6.45, 7) is 3.41. The summed E-state index contributed by atoms with van der Waals surface area (Å²) in [6, 6.07) is 0.449. The smallest absolute Gasteiger partial charge is 0.326 e. The van der Waals surface area contributed by atoms with Crippen molar-refractivity contribution in [2.45, 2.75) is 44.2 Å². The zero-order valence-corrected chi connectivity index (χ0v) is 12.6. The Morgan fingerprint density at radius 1 is 1.30 bits per heavy atom. The van der Waals surface area contributed by atoms with Gasteiger partial charge < -0.3 is 14.5 Å². The molecule has 0 atom stereocenters. The number of nitrogens with one attached hydrogen (secondary N) is 1. The SMILES string of the molecule is CCOC(=O)C1(NC2CC2)CCN(C(=O)N(C)C)CC1. The summed E-state index contributed by atoms with van der Waals surface area (Å²) in [5.41, 5.74) is -0.597. The van der Waals surface area contributed by atoms with Gasteiger partial charge in [-0.15, -0.1) is 0 Å². The first-order valence-electron chi connectivity index (χ1n) is 7.39. The first-order valence-corrected chi connectivity index (χ1v) is 7.39. The standard InChI is InChI=1S/C14H25N3O3/c1-4-20-12(18)14(15-11-5-6-11)7-9-17(10-8-14)13(19)16(2)3/h11,15H,4-10H2,1-3H3. The third-order valence-corrected chi connectivity index (χ3v) is 3.99. The predicted octanol–water partition coefficient (Wildman–Crippen LogP) is 0.818. The number of nitrogens with zero attached hydrogens (tertiary/aromatic N) is 2. The van der Waals surface area contributed by atoms with Crippen LogP contribution in [0, 0.1) is 0 Å². The highest BCUT2D eigenvalue weighted by Gasteiger charge is 2.46. The van der Waals surface area contributed by atoms with Crippen molar-refractivity contribution in [1.29, 1.82) is 0 Å².